The molecule has 0 spiro atoms. The first kappa shape index (κ1) is 17.6. The summed E-state index contributed by atoms with van der Waals surface area (Å²) in [4.78, 5) is 34.7. The molecule has 1 rings (SSSR count). The standard InChI is InChI=1S/C15H20FN3O3/c1-15(2,3)8-12(20)17-9-13(21)18-19-14(22)10-4-6-11(16)7-5-10/h4-7H,8-9H2,1-3H3,(H,17,20)(H,18,21)(H,19,22). The van der Waals surface area contributed by atoms with Crippen LogP contribution < -0.4 is 16.2 Å². The molecule has 0 unspecified atom stereocenters. The second kappa shape index (κ2) is 7.53. The van der Waals surface area contributed by atoms with Crippen molar-refractivity contribution in [2.24, 2.45) is 5.41 Å². The largest absolute Gasteiger partial charge is 0.347 e. The minimum atomic E-state index is -0.575. The van der Waals surface area contributed by atoms with Crippen LogP contribution >= 0.6 is 0 Å². The van der Waals surface area contributed by atoms with Crippen LogP contribution in [0.15, 0.2) is 24.3 Å². The summed E-state index contributed by atoms with van der Waals surface area (Å²) in [5.41, 5.74) is 4.38. The fraction of sp³-hybridized carbons (Fsp3) is 0.400. The number of halogens is 1. The predicted molar refractivity (Wildman–Crippen MR) is 79.1 cm³/mol. The van der Waals surface area contributed by atoms with Gasteiger partial charge in [-0.25, -0.2) is 4.39 Å². The van der Waals surface area contributed by atoms with Gasteiger partial charge in [-0.15, -0.1) is 0 Å². The number of amides is 3. The number of hydrogen-bond donors (Lipinski definition) is 3. The Morgan fingerprint density at radius 3 is 2.14 bits per heavy atom. The van der Waals surface area contributed by atoms with E-state index in [0.717, 1.165) is 12.1 Å². The molecule has 0 radical (unpaired) electrons. The van der Waals surface area contributed by atoms with E-state index in [1.54, 1.807) is 0 Å². The summed E-state index contributed by atoms with van der Waals surface area (Å²) < 4.78 is 12.7. The third kappa shape index (κ3) is 6.83. The fourth-order valence-electron chi connectivity index (χ4n) is 1.57. The molecule has 1 aromatic carbocycles. The van der Waals surface area contributed by atoms with Crippen molar-refractivity contribution >= 4 is 17.7 Å². The summed E-state index contributed by atoms with van der Waals surface area (Å²) in [5, 5.41) is 2.46. The van der Waals surface area contributed by atoms with E-state index in [9.17, 15) is 18.8 Å². The highest BCUT2D eigenvalue weighted by Gasteiger charge is 2.16. The Balaban J connectivity index is 2.32. The maximum absolute atomic E-state index is 12.7. The van der Waals surface area contributed by atoms with Crippen LogP contribution in [0, 0.1) is 11.2 Å². The van der Waals surface area contributed by atoms with Crippen molar-refractivity contribution < 1.29 is 18.8 Å². The van der Waals surface area contributed by atoms with Crippen LogP contribution in [-0.2, 0) is 9.59 Å². The van der Waals surface area contributed by atoms with Crippen LogP contribution in [0.1, 0.15) is 37.6 Å². The summed E-state index contributed by atoms with van der Waals surface area (Å²) in [5.74, 6) is -1.83. The number of hydrazine groups is 1. The van der Waals surface area contributed by atoms with Gasteiger partial charge in [0.25, 0.3) is 11.8 Å². The molecule has 0 heterocycles. The molecule has 0 aliphatic carbocycles. The maximum atomic E-state index is 12.7. The van der Waals surface area contributed by atoms with Crippen LogP contribution in [0.5, 0.6) is 0 Å². The minimum absolute atomic E-state index is 0.169. The average molecular weight is 309 g/mol. The Hall–Kier alpha value is -2.44. The molecule has 1 aromatic rings. The maximum Gasteiger partial charge on any atom is 0.269 e. The molecule has 7 heteroatoms. The quantitative estimate of drug-likeness (QED) is 0.729. The molecular weight excluding hydrogens is 289 g/mol. The zero-order valence-electron chi connectivity index (χ0n) is 12.8. The van der Waals surface area contributed by atoms with Crippen LogP contribution in [0.25, 0.3) is 0 Å². The SMILES string of the molecule is CC(C)(C)CC(=O)NCC(=O)NNC(=O)c1ccc(F)cc1. The number of benzene rings is 1. The number of carbonyl (C=O) groups is 3. The summed E-state index contributed by atoms with van der Waals surface area (Å²) in [6.07, 6.45) is 0.294. The number of nitrogens with one attached hydrogen (secondary N) is 3. The molecule has 3 N–H and O–H groups in total. The lowest BCUT2D eigenvalue weighted by atomic mass is 9.92. The van der Waals surface area contributed by atoms with E-state index in [2.05, 4.69) is 16.2 Å². The summed E-state index contributed by atoms with van der Waals surface area (Å²) in [6.45, 7) is 5.50. The van der Waals surface area contributed by atoms with Gasteiger partial charge < -0.3 is 5.32 Å². The van der Waals surface area contributed by atoms with E-state index >= 15 is 0 Å². The summed E-state index contributed by atoms with van der Waals surface area (Å²) in [7, 11) is 0. The van der Waals surface area contributed by atoms with Crippen molar-refractivity contribution in [1.82, 2.24) is 16.2 Å². The molecule has 0 aliphatic rings. The molecule has 0 aromatic heterocycles. The fourth-order valence-corrected chi connectivity index (χ4v) is 1.57. The van der Waals surface area contributed by atoms with Crippen LogP contribution in [-0.4, -0.2) is 24.3 Å². The monoisotopic (exact) mass is 309 g/mol. The van der Waals surface area contributed by atoms with Gasteiger partial charge in [-0.2, -0.15) is 0 Å². The van der Waals surface area contributed by atoms with Crippen molar-refractivity contribution in [1.29, 1.82) is 0 Å². The average Bonchev–Trinajstić information content (AvgIpc) is 2.41. The Kier molecular flexibility index (Phi) is 6.03. The van der Waals surface area contributed by atoms with E-state index in [0.29, 0.717) is 6.42 Å². The Bertz CT molecular complexity index is 550. The van der Waals surface area contributed by atoms with Gasteiger partial charge in [0.2, 0.25) is 5.91 Å². The zero-order chi connectivity index (χ0) is 16.8. The van der Waals surface area contributed by atoms with Gasteiger partial charge in [0.15, 0.2) is 0 Å². The van der Waals surface area contributed by atoms with Gasteiger partial charge in [-0.05, 0) is 29.7 Å². The van der Waals surface area contributed by atoms with E-state index in [1.807, 2.05) is 20.8 Å². The van der Waals surface area contributed by atoms with E-state index in [4.69, 9.17) is 0 Å². The first-order valence-corrected chi connectivity index (χ1v) is 6.79. The second-order valence-corrected chi connectivity index (χ2v) is 6.02. The first-order chi connectivity index (χ1) is 10.2. The lowest BCUT2D eigenvalue weighted by molar-refractivity contribution is -0.127. The van der Waals surface area contributed by atoms with Gasteiger partial charge in [0.05, 0.1) is 6.54 Å². The molecule has 0 atom stereocenters. The van der Waals surface area contributed by atoms with E-state index in [1.165, 1.54) is 12.1 Å². The van der Waals surface area contributed by atoms with Gasteiger partial charge in [0, 0.05) is 12.0 Å². The predicted octanol–water partition coefficient (Wildman–Crippen LogP) is 1.14. The Morgan fingerprint density at radius 2 is 1.59 bits per heavy atom. The van der Waals surface area contributed by atoms with Gasteiger partial charge >= 0.3 is 0 Å². The van der Waals surface area contributed by atoms with E-state index in [-0.39, 0.29) is 23.4 Å². The number of rotatable bonds is 4. The highest BCUT2D eigenvalue weighted by atomic mass is 19.1. The Labute approximate surface area is 128 Å². The first-order valence-electron chi connectivity index (χ1n) is 6.79. The molecule has 6 nitrogen and oxygen atoms in total. The molecule has 22 heavy (non-hydrogen) atoms. The van der Waals surface area contributed by atoms with Gasteiger partial charge in [-0.1, -0.05) is 20.8 Å². The summed E-state index contributed by atoms with van der Waals surface area (Å²) in [6, 6.07) is 4.87. The van der Waals surface area contributed by atoms with Crippen molar-refractivity contribution in [3.05, 3.63) is 35.6 Å². The number of hydrogen-bond acceptors (Lipinski definition) is 3. The molecule has 0 saturated carbocycles. The van der Waals surface area contributed by atoms with Crippen molar-refractivity contribution in [3.8, 4) is 0 Å². The molecule has 0 bridgehead atoms. The third-order valence-corrected chi connectivity index (χ3v) is 2.56. The molecule has 3 amide bonds. The second-order valence-electron chi connectivity index (χ2n) is 6.02. The topological polar surface area (TPSA) is 87.3 Å². The van der Waals surface area contributed by atoms with E-state index < -0.39 is 17.6 Å². The summed E-state index contributed by atoms with van der Waals surface area (Å²) >= 11 is 0. The highest BCUT2D eigenvalue weighted by Crippen LogP contribution is 2.17. The third-order valence-electron chi connectivity index (χ3n) is 2.56. The van der Waals surface area contributed by atoms with Crippen molar-refractivity contribution in [2.75, 3.05) is 6.54 Å². The van der Waals surface area contributed by atoms with Crippen molar-refractivity contribution in [3.63, 3.8) is 0 Å². The van der Waals surface area contributed by atoms with Crippen LogP contribution in [0.3, 0.4) is 0 Å². The van der Waals surface area contributed by atoms with Gasteiger partial charge in [-0.3, -0.25) is 25.2 Å². The van der Waals surface area contributed by atoms with Crippen molar-refractivity contribution in [2.45, 2.75) is 27.2 Å². The molecule has 0 saturated heterocycles. The molecule has 0 aliphatic heterocycles. The zero-order valence-corrected chi connectivity index (χ0v) is 12.8. The lowest BCUT2D eigenvalue weighted by Gasteiger charge is -2.17. The van der Waals surface area contributed by atoms with Crippen LogP contribution in [0.2, 0.25) is 0 Å². The normalized spacial score (nSPS) is 10.7. The highest BCUT2D eigenvalue weighted by molar-refractivity contribution is 5.95. The molecular formula is C15H20FN3O3. The van der Waals surface area contributed by atoms with Crippen LogP contribution in [0.4, 0.5) is 4.39 Å². The minimum Gasteiger partial charge on any atom is -0.347 e. The Morgan fingerprint density at radius 1 is 1.00 bits per heavy atom. The molecule has 120 valence electrons. The number of carbonyl (C=O) groups excluding carboxylic acids is 3. The van der Waals surface area contributed by atoms with Gasteiger partial charge in [0.1, 0.15) is 5.82 Å². The molecule has 0 fully saturated rings. The lowest BCUT2D eigenvalue weighted by Crippen LogP contribution is -2.46. The smallest absolute Gasteiger partial charge is 0.269 e.